The van der Waals surface area contributed by atoms with E-state index < -0.39 is 16.7 Å². The Bertz CT molecular complexity index is 965. The summed E-state index contributed by atoms with van der Waals surface area (Å²) in [6.07, 6.45) is 1.12. The lowest BCUT2D eigenvalue weighted by molar-refractivity contribution is -0.267. The molecule has 32 heavy (non-hydrogen) atoms. The molecule has 3 rings (SSSR count). The normalized spacial score (nSPS) is 16.8. The van der Waals surface area contributed by atoms with Gasteiger partial charge in [0.25, 0.3) is 0 Å². The lowest BCUT2D eigenvalue weighted by Gasteiger charge is -2.46. The summed E-state index contributed by atoms with van der Waals surface area (Å²) in [5.74, 6) is 0.564. The first kappa shape index (κ1) is 24.0. The van der Waals surface area contributed by atoms with E-state index in [1.807, 2.05) is 59.7 Å². The number of benzene rings is 1. The van der Waals surface area contributed by atoms with E-state index in [-0.39, 0.29) is 12.7 Å². The van der Waals surface area contributed by atoms with Crippen LogP contribution < -0.4 is 0 Å². The second-order valence-corrected chi connectivity index (χ2v) is 10.2. The number of hydroxylamine groups is 2. The van der Waals surface area contributed by atoms with Gasteiger partial charge in [-0.05, 0) is 60.5 Å². The van der Waals surface area contributed by atoms with Gasteiger partial charge in [-0.3, -0.25) is 9.63 Å². The molecule has 2 N–H and O–H groups in total. The molecule has 1 aliphatic heterocycles. The van der Waals surface area contributed by atoms with Crippen molar-refractivity contribution in [3.05, 3.63) is 29.6 Å². The number of aromatic amines is 1. The molecule has 0 aliphatic carbocycles. The molecule has 0 unspecified atom stereocenters. The van der Waals surface area contributed by atoms with Crippen molar-refractivity contribution in [1.29, 1.82) is 0 Å². The third-order valence-electron chi connectivity index (χ3n) is 5.34. The van der Waals surface area contributed by atoms with Gasteiger partial charge in [-0.15, -0.1) is 0 Å². The summed E-state index contributed by atoms with van der Waals surface area (Å²) >= 11 is 0. The molecule has 2 aromatic rings. The minimum absolute atomic E-state index is 0.142. The Hall–Kier alpha value is -2.65. The molecule has 1 aromatic heterocycles. The number of likely N-dealkylation sites (tertiary alicyclic amines) is 1. The predicted octanol–water partition coefficient (Wildman–Crippen LogP) is 3.47. The van der Waals surface area contributed by atoms with Crippen LogP contribution in [0.1, 0.15) is 65.8 Å². The monoisotopic (exact) mass is 446 g/mol. The molecule has 0 radical (unpaired) electrons. The van der Waals surface area contributed by atoms with Crippen LogP contribution in [0.4, 0.5) is 4.79 Å². The van der Waals surface area contributed by atoms with Gasteiger partial charge in [-0.25, -0.2) is 14.8 Å². The Morgan fingerprint density at radius 3 is 2.41 bits per heavy atom. The van der Waals surface area contributed by atoms with Crippen LogP contribution in [0.15, 0.2) is 18.2 Å². The van der Waals surface area contributed by atoms with Crippen LogP contribution in [0, 0.1) is 0 Å². The smallest absolute Gasteiger partial charge is 0.410 e. The van der Waals surface area contributed by atoms with Crippen molar-refractivity contribution in [2.24, 2.45) is 0 Å². The Balaban J connectivity index is 1.99. The van der Waals surface area contributed by atoms with Gasteiger partial charge in [0, 0.05) is 18.7 Å². The first-order valence-corrected chi connectivity index (χ1v) is 10.9. The molecule has 9 nitrogen and oxygen atoms in total. The number of aliphatic hydroxyl groups is 1. The van der Waals surface area contributed by atoms with E-state index in [0.29, 0.717) is 49.2 Å². The Labute approximate surface area is 188 Å². The molecule has 0 saturated carbocycles. The van der Waals surface area contributed by atoms with E-state index in [2.05, 4.69) is 4.98 Å². The third kappa shape index (κ3) is 5.05. The van der Waals surface area contributed by atoms with E-state index >= 15 is 0 Å². The average Bonchev–Trinajstić information content (AvgIpc) is 3.15. The first-order chi connectivity index (χ1) is 14.9. The highest BCUT2D eigenvalue weighted by molar-refractivity contribution is 5.79. The van der Waals surface area contributed by atoms with Gasteiger partial charge in [-0.2, -0.15) is 0 Å². The zero-order valence-electron chi connectivity index (χ0n) is 19.8. The molecule has 1 fully saturated rings. The second-order valence-electron chi connectivity index (χ2n) is 10.2. The molecule has 0 bridgehead atoms. The van der Waals surface area contributed by atoms with Crippen molar-refractivity contribution in [3.63, 3.8) is 0 Å². The summed E-state index contributed by atoms with van der Waals surface area (Å²) in [5, 5.41) is 11.0. The van der Waals surface area contributed by atoms with Crippen LogP contribution in [0.2, 0.25) is 0 Å². The van der Waals surface area contributed by atoms with Crippen molar-refractivity contribution in [2.45, 2.75) is 77.7 Å². The van der Waals surface area contributed by atoms with Crippen LogP contribution in [0.3, 0.4) is 0 Å². The van der Waals surface area contributed by atoms with E-state index in [1.165, 1.54) is 5.06 Å². The van der Waals surface area contributed by atoms with Gasteiger partial charge >= 0.3 is 6.09 Å². The molecule has 1 aromatic carbocycles. The van der Waals surface area contributed by atoms with Gasteiger partial charge in [-0.1, -0.05) is 12.1 Å². The number of hydrogen-bond donors (Lipinski definition) is 2. The molecule has 0 atom stereocenters. The lowest BCUT2D eigenvalue weighted by Crippen LogP contribution is -2.56. The van der Waals surface area contributed by atoms with Gasteiger partial charge < -0.3 is 19.7 Å². The number of carbonyl (C=O) groups excluding carboxylic acids is 2. The van der Waals surface area contributed by atoms with Crippen LogP contribution >= 0.6 is 0 Å². The van der Waals surface area contributed by atoms with E-state index in [0.717, 1.165) is 5.52 Å². The largest absolute Gasteiger partial charge is 0.444 e. The Morgan fingerprint density at radius 2 is 1.88 bits per heavy atom. The number of rotatable bonds is 5. The molecule has 2 amide bonds. The van der Waals surface area contributed by atoms with E-state index in [1.54, 1.807) is 4.90 Å². The number of hydrogen-bond acceptors (Lipinski definition) is 6. The highest BCUT2D eigenvalue weighted by atomic mass is 16.7. The zero-order chi connectivity index (χ0) is 23.7. The number of aromatic nitrogens is 2. The van der Waals surface area contributed by atoms with Gasteiger partial charge in [0.05, 0.1) is 23.2 Å². The number of piperidine rings is 1. The number of fused-ring (bicyclic) bond motifs is 1. The predicted molar refractivity (Wildman–Crippen MR) is 119 cm³/mol. The summed E-state index contributed by atoms with van der Waals surface area (Å²) in [6.45, 7) is 11.7. The number of para-hydroxylation sites is 1. The summed E-state index contributed by atoms with van der Waals surface area (Å²) in [7, 11) is 0. The standard InChI is InChI=1S/C23H34N4O5/c1-21(2,3)31-20(30)26-12-10-23(11-13-26,27(15-29)32-22(4,5)6)19-24-17-9-7-8-16(14-28)18(17)25-19/h7-9,15,28H,10-14H2,1-6H3,(H,24,25). The van der Waals surface area contributed by atoms with Crippen LogP contribution in [0.25, 0.3) is 11.0 Å². The van der Waals surface area contributed by atoms with Crippen LogP contribution in [-0.2, 0) is 26.5 Å². The average molecular weight is 447 g/mol. The molecule has 0 spiro atoms. The lowest BCUT2D eigenvalue weighted by atomic mass is 9.86. The molecular formula is C23H34N4O5. The number of nitrogens with zero attached hydrogens (tertiary/aromatic N) is 3. The highest BCUT2D eigenvalue weighted by Crippen LogP contribution is 2.39. The first-order valence-electron chi connectivity index (χ1n) is 10.9. The fraction of sp³-hybridized carbons (Fsp3) is 0.609. The van der Waals surface area contributed by atoms with Gasteiger partial charge in [0.1, 0.15) is 17.0 Å². The maximum absolute atomic E-state index is 12.6. The highest BCUT2D eigenvalue weighted by Gasteiger charge is 2.47. The van der Waals surface area contributed by atoms with E-state index in [9.17, 15) is 14.7 Å². The third-order valence-corrected chi connectivity index (χ3v) is 5.34. The number of carbonyl (C=O) groups is 2. The minimum Gasteiger partial charge on any atom is -0.444 e. The number of H-pyrrole nitrogens is 1. The van der Waals surface area contributed by atoms with Crippen molar-refractivity contribution in [2.75, 3.05) is 13.1 Å². The summed E-state index contributed by atoms with van der Waals surface area (Å²) in [6, 6.07) is 5.54. The molecule has 176 valence electrons. The number of nitrogens with one attached hydrogen (secondary N) is 1. The second kappa shape index (κ2) is 8.71. The fourth-order valence-electron chi connectivity index (χ4n) is 3.89. The Kier molecular flexibility index (Phi) is 6.53. The fourth-order valence-corrected chi connectivity index (χ4v) is 3.89. The maximum atomic E-state index is 12.6. The van der Waals surface area contributed by atoms with Crippen molar-refractivity contribution < 1.29 is 24.3 Å². The zero-order valence-corrected chi connectivity index (χ0v) is 19.8. The van der Waals surface area contributed by atoms with Crippen LogP contribution in [0.5, 0.6) is 0 Å². The number of amides is 2. The number of imidazole rings is 1. The maximum Gasteiger partial charge on any atom is 0.410 e. The topological polar surface area (TPSA) is 108 Å². The molecular weight excluding hydrogens is 412 g/mol. The summed E-state index contributed by atoms with van der Waals surface area (Å²) in [4.78, 5) is 40.6. The summed E-state index contributed by atoms with van der Waals surface area (Å²) < 4.78 is 5.52. The molecule has 2 heterocycles. The van der Waals surface area contributed by atoms with Gasteiger partial charge in [0.15, 0.2) is 0 Å². The summed E-state index contributed by atoms with van der Waals surface area (Å²) in [5.41, 5.74) is 0.0101. The van der Waals surface area contributed by atoms with Gasteiger partial charge in [0.2, 0.25) is 6.41 Å². The van der Waals surface area contributed by atoms with E-state index in [4.69, 9.17) is 14.6 Å². The van der Waals surface area contributed by atoms with Crippen molar-refractivity contribution in [3.8, 4) is 0 Å². The molecule has 1 saturated heterocycles. The SMILES string of the molecule is CC(C)(C)OC(=O)N1CCC(c2nc3c(CO)cccc3[nH]2)(N(C=O)OC(C)(C)C)CC1. The number of aliphatic hydroxyl groups excluding tert-OH is 1. The minimum atomic E-state index is -0.903. The molecule has 1 aliphatic rings. The molecule has 9 heteroatoms. The number of ether oxygens (including phenoxy) is 1. The Morgan fingerprint density at radius 1 is 1.22 bits per heavy atom. The van der Waals surface area contributed by atoms with Crippen molar-refractivity contribution in [1.82, 2.24) is 19.9 Å². The van der Waals surface area contributed by atoms with Crippen molar-refractivity contribution >= 4 is 23.5 Å². The quantitative estimate of drug-likeness (QED) is 0.538. The van der Waals surface area contributed by atoms with Crippen LogP contribution in [-0.4, -0.2) is 61.8 Å².